The lowest BCUT2D eigenvalue weighted by Crippen LogP contribution is -2.09. The summed E-state index contributed by atoms with van der Waals surface area (Å²) >= 11 is 0. The van der Waals surface area contributed by atoms with Gasteiger partial charge >= 0.3 is 0 Å². The molecule has 0 aliphatic heterocycles. The van der Waals surface area contributed by atoms with Crippen molar-refractivity contribution in [3.8, 4) is 11.5 Å². The van der Waals surface area contributed by atoms with Gasteiger partial charge < -0.3 is 13.9 Å². The average molecular weight is 337 g/mol. The van der Waals surface area contributed by atoms with Crippen LogP contribution in [0.5, 0.6) is 11.5 Å². The first kappa shape index (κ1) is 17.5. The zero-order chi connectivity index (χ0) is 17.2. The molecule has 2 atom stereocenters. The number of rotatable bonds is 5. The summed E-state index contributed by atoms with van der Waals surface area (Å²) in [4.78, 5) is 4.93. The Morgan fingerprint density at radius 3 is 2.35 bits per heavy atom. The van der Waals surface area contributed by atoms with Crippen LogP contribution in [0.25, 0.3) is 0 Å². The number of ether oxygens (including phenoxy) is 2. The molecule has 0 radical (unpaired) electrons. The Bertz CT molecular complexity index is 703. The Kier molecular flexibility index (Phi) is 5.14. The molecular weight excluding hydrogens is 314 g/mol. The summed E-state index contributed by atoms with van der Waals surface area (Å²) in [6, 6.07) is 5.23. The molecule has 0 aliphatic carbocycles. The van der Waals surface area contributed by atoms with Crippen molar-refractivity contribution in [2.75, 3.05) is 14.2 Å². The molecule has 126 valence electrons. The van der Waals surface area contributed by atoms with Gasteiger partial charge in [0.05, 0.1) is 31.2 Å². The highest BCUT2D eigenvalue weighted by Crippen LogP contribution is 2.33. The van der Waals surface area contributed by atoms with Crippen LogP contribution in [0.1, 0.15) is 44.6 Å². The summed E-state index contributed by atoms with van der Waals surface area (Å²) in [5, 5.41) is -0.357. The minimum atomic E-state index is -1.31. The molecule has 2 aromatic rings. The van der Waals surface area contributed by atoms with E-state index in [0.717, 1.165) is 5.76 Å². The molecule has 0 fully saturated rings. The zero-order valence-electron chi connectivity index (χ0n) is 14.4. The smallest absolute Gasteiger partial charge is 0.210 e. The van der Waals surface area contributed by atoms with Crippen LogP contribution in [0.3, 0.4) is 0 Å². The second-order valence-electron chi connectivity index (χ2n) is 6.27. The minimum Gasteiger partial charge on any atom is -0.493 e. The quantitative estimate of drug-likeness (QED) is 0.829. The number of hydrogen-bond donors (Lipinski definition) is 0. The van der Waals surface area contributed by atoms with Crippen LogP contribution in [-0.2, 0) is 16.2 Å². The summed E-state index contributed by atoms with van der Waals surface area (Å²) < 4.78 is 29.0. The van der Waals surface area contributed by atoms with E-state index in [4.69, 9.17) is 13.9 Å². The Morgan fingerprint density at radius 1 is 1.17 bits per heavy atom. The summed E-state index contributed by atoms with van der Waals surface area (Å²) in [6.45, 7) is 7.98. The first-order valence-electron chi connectivity index (χ1n) is 7.36. The van der Waals surface area contributed by atoms with Crippen molar-refractivity contribution in [1.29, 1.82) is 0 Å². The molecule has 1 aromatic carbocycles. The van der Waals surface area contributed by atoms with Crippen molar-refractivity contribution >= 4 is 10.8 Å². The van der Waals surface area contributed by atoms with Gasteiger partial charge in [0.15, 0.2) is 11.5 Å². The van der Waals surface area contributed by atoms with E-state index in [9.17, 15) is 4.21 Å². The maximum atomic E-state index is 12.8. The second-order valence-corrected chi connectivity index (χ2v) is 8.04. The first-order chi connectivity index (χ1) is 10.8. The normalized spacial score (nSPS) is 14.3. The molecule has 0 N–H and O–H groups in total. The number of benzene rings is 1. The highest BCUT2D eigenvalue weighted by Gasteiger charge is 2.25. The lowest BCUT2D eigenvalue weighted by Gasteiger charge is -2.14. The Labute approximate surface area is 139 Å². The monoisotopic (exact) mass is 337 g/mol. The van der Waals surface area contributed by atoms with Crippen molar-refractivity contribution < 1.29 is 18.1 Å². The Balaban J connectivity index is 2.27. The molecule has 0 amide bonds. The molecule has 0 saturated carbocycles. The van der Waals surface area contributed by atoms with Gasteiger partial charge in [-0.05, 0) is 19.1 Å². The standard InChI is InChI=1S/C17H23NO4S/c1-11(16-18-10-15(22-16)17(2,3)4)23(19)12-7-8-13(20-5)14(9-12)21-6/h7-11H,1-6H3/t11-,23+/m0/s1. The third-order valence-electron chi connectivity index (χ3n) is 3.52. The number of hydrogen-bond acceptors (Lipinski definition) is 5. The fourth-order valence-corrected chi connectivity index (χ4v) is 3.19. The van der Waals surface area contributed by atoms with E-state index in [2.05, 4.69) is 4.98 Å². The lowest BCUT2D eigenvalue weighted by molar-refractivity contribution is 0.354. The van der Waals surface area contributed by atoms with Crippen molar-refractivity contribution in [1.82, 2.24) is 4.98 Å². The van der Waals surface area contributed by atoms with Gasteiger partial charge in [-0.2, -0.15) is 0 Å². The predicted molar refractivity (Wildman–Crippen MR) is 89.6 cm³/mol. The van der Waals surface area contributed by atoms with E-state index in [1.165, 1.54) is 0 Å². The van der Waals surface area contributed by atoms with Crippen LogP contribution in [0.4, 0.5) is 0 Å². The summed E-state index contributed by atoms with van der Waals surface area (Å²) in [5.74, 6) is 2.41. The van der Waals surface area contributed by atoms with E-state index in [1.807, 2.05) is 27.7 Å². The molecule has 5 nitrogen and oxygen atoms in total. The molecular formula is C17H23NO4S. The third kappa shape index (κ3) is 3.75. The number of oxazole rings is 1. The highest BCUT2D eigenvalue weighted by molar-refractivity contribution is 7.85. The topological polar surface area (TPSA) is 61.6 Å². The van der Waals surface area contributed by atoms with Crippen LogP contribution in [-0.4, -0.2) is 23.4 Å². The summed E-state index contributed by atoms with van der Waals surface area (Å²) in [7, 11) is 1.81. The van der Waals surface area contributed by atoms with Gasteiger partial charge in [0, 0.05) is 16.4 Å². The third-order valence-corrected chi connectivity index (χ3v) is 5.08. The molecule has 0 aliphatic rings. The van der Waals surface area contributed by atoms with Gasteiger partial charge in [-0.25, -0.2) is 4.98 Å². The minimum absolute atomic E-state index is 0.129. The van der Waals surface area contributed by atoms with Gasteiger partial charge in [-0.3, -0.25) is 4.21 Å². The Morgan fingerprint density at radius 2 is 1.83 bits per heavy atom. The van der Waals surface area contributed by atoms with E-state index in [-0.39, 0.29) is 10.7 Å². The molecule has 1 aromatic heterocycles. The maximum Gasteiger partial charge on any atom is 0.210 e. The molecule has 0 unspecified atom stereocenters. The fraction of sp³-hybridized carbons (Fsp3) is 0.471. The van der Waals surface area contributed by atoms with Gasteiger partial charge in [0.1, 0.15) is 11.0 Å². The fourth-order valence-electron chi connectivity index (χ4n) is 2.06. The SMILES string of the molecule is COc1ccc([S@](=O)[C@@H](C)c2ncc(C(C)(C)C)o2)cc1OC. The molecule has 0 spiro atoms. The predicted octanol–water partition coefficient (Wildman–Crippen LogP) is 3.86. The highest BCUT2D eigenvalue weighted by atomic mass is 32.2. The van der Waals surface area contributed by atoms with Crippen LogP contribution in [0.2, 0.25) is 0 Å². The molecule has 0 saturated heterocycles. The van der Waals surface area contributed by atoms with Crippen molar-refractivity contribution in [2.24, 2.45) is 0 Å². The summed E-state index contributed by atoms with van der Waals surface area (Å²) in [5.41, 5.74) is -0.129. The molecule has 23 heavy (non-hydrogen) atoms. The molecule has 2 rings (SSSR count). The average Bonchev–Trinajstić information content (AvgIpc) is 3.02. The van der Waals surface area contributed by atoms with Gasteiger partial charge in [0.2, 0.25) is 5.89 Å². The lowest BCUT2D eigenvalue weighted by atomic mass is 9.94. The maximum absolute atomic E-state index is 12.8. The molecule has 1 heterocycles. The van der Waals surface area contributed by atoms with Crippen LogP contribution in [0.15, 0.2) is 33.7 Å². The molecule has 6 heteroatoms. The zero-order valence-corrected chi connectivity index (χ0v) is 15.2. The molecule has 0 bridgehead atoms. The number of methoxy groups -OCH3 is 2. The largest absolute Gasteiger partial charge is 0.493 e. The number of nitrogens with zero attached hydrogens (tertiary/aromatic N) is 1. The van der Waals surface area contributed by atoms with Crippen molar-refractivity contribution in [2.45, 2.75) is 43.3 Å². The van der Waals surface area contributed by atoms with E-state index >= 15 is 0 Å². The van der Waals surface area contributed by atoms with E-state index in [1.54, 1.807) is 38.6 Å². The van der Waals surface area contributed by atoms with Gasteiger partial charge in [-0.15, -0.1) is 0 Å². The first-order valence-corrected chi connectivity index (χ1v) is 8.58. The van der Waals surface area contributed by atoms with Gasteiger partial charge in [0.25, 0.3) is 0 Å². The van der Waals surface area contributed by atoms with E-state index < -0.39 is 10.8 Å². The van der Waals surface area contributed by atoms with Gasteiger partial charge in [-0.1, -0.05) is 20.8 Å². The van der Waals surface area contributed by atoms with E-state index in [0.29, 0.717) is 22.3 Å². The number of aromatic nitrogens is 1. The van der Waals surface area contributed by atoms with Crippen molar-refractivity contribution in [3.63, 3.8) is 0 Å². The van der Waals surface area contributed by atoms with Crippen LogP contribution >= 0.6 is 0 Å². The van der Waals surface area contributed by atoms with Crippen LogP contribution < -0.4 is 9.47 Å². The Hall–Kier alpha value is -1.82. The summed E-state index contributed by atoms with van der Waals surface area (Å²) in [6.07, 6.45) is 1.71. The van der Waals surface area contributed by atoms with Crippen molar-refractivity contribution in [3.05, 3.63) is 36.0 Å². The van der Waals surface area contributed by atoms with Crippen LogP contribution in [0, 0.1) is 0 Å². The second kappa shape index (κ2) is 6.74.